The molecule has 6 heteroatoms. The van der Waals surface area contributed by atoms with Gasteiger partial charge in [0.05, 0.1) is 7.11 Å². The Bertz CT molecular complexity index is 771. The predicted octanol–water partition coefficient (Wildman–Crippen LogP) is 3.26. The number of nitrogens with one attached hydrogen (secondary N) is 2. The van der Waals surface area contributed by atoms with Gasteiger partial charge < -0.3 is 20.3 Å². The average molecular weight is 367 g/mol. The molecule has 1 aliphatic rings. The molecule has 0 atom stereocenters. The molecule has 0 aliphatic carbocycles. The number of rotatable bonds is 5. The second-order valence-electron chi connectivity index (χ2n) is 6.63. The van der Waals surface area contributed by atoms with Crippen molar-refractivity contribution in [3.8, 4) is 5.75 Å². The van der Waals surface area contributed by atoms with Gasteiger partial charge in [-0.2, -0.15) is 0 Å². The Kier molecular flexibility index (Phi) is 6.30. The number of carbonyl (C=O) groups excluding carboxylic acids is 2. The zero-order chi connectivity index (χ0) is 19.1. The van der Waals surface area contributed by atoms with Crippen LogP contribution in [0, 0.1) is 5.92 Å². The van der Waals surface area contributed by atoms with Gasteiger partial charge in [0.1, 0.15) is 5.75 Å². The molecule has 0 aromatic heterocycles. The first-order valence-corrected chi connectivity index (χ1v) is 9.17. The fourth-order valence-corrected chi connectivity index (χ4v) is 3.18. The third-order valence-corrected chi connectivity index (χ3v) is 4.77. The van der Waals surface area contributed by atoms with Crippen molar-refractivity contribution in [1.82, 2.24) is 10.2 Å². The molecule has 27 heavy (non-hydrogen) atoms. The summed E-state index contributed by atoms with van der Waals surface area (Å²) in [6.07, 6.45) is 1.34. The first-order valence-electron chi connectivity index (χ1n) is 9.17. The van der Waals surface area contributed by atoms with Crippen LogP contribution < -0.4 is 15.4 Å². The molecule has 1 heterocycles. The van der Waals surface area contributed by atoms with Gasteiger partial charge in [-0.3, -0.25) is 4.79 Å². The molecule has 0 bridgehead atoms. The van der Waals surface area contributed by atoms with Crippen molar-refractivity contribution in [3.05, 3.63) is 60.2 Å². The highest BCUT2D eigenvalue weighted by molar-refractivity contribution is 5.92. The van der Waals surface area contributed by atoms with Gasteiger partial charge in [-0.25, -0.2) is 4.79 Å². The lowest BCUT2D eigenvalue weighted by atomic mass is 9.96. The number of anilines is 1. The average Bonchev–Trinajstić information content (AvgIpc) is 2.73. The number of nitrogens with zero attached hydrogens (tertiary/aromatic N) is 1. The number of ether oxygens (including phenoxy) is 1. The Morgan fingerprint density at radius 2 is 1.81 bits per heavy atom. The summed E-state index contributed by atoms with van der Waals surface area (Å²) in [5.74, 6) is 0.734. The van der Waals surface area contributed by atoms with E-state index in [-0.39, 0.29) is 17.9 Å². The summed E-state index contributed by atoms with van der Waals surface area (Å²) in [4.78, 5) is 26.5. The maximum atomic E-state index is 12.4. The number of para-hydroxylation sites is 1. The van der Waals surface area contributed by atoms with Gasteiger partial charge in [-0.05, 0) is 42.7 Å². The summed E-state index contributed by atoms with van der Waals surface area (Å²) in [5.41, 5.74) is 1.79. The highest BCUT2D eigenvalue weighted by Crippen LogP contribution is 2.20. The maximum Gasteiger partial charge on any atom is 0.317 e. The molecule has 1 fully saturated rings. The van der Waals surface area contributed by atoms with Crippen LogP contribution in [0.4, 0.5) is 10.5 Å². The first kappa shape index (κ1) is 18.8. The lowest BCUT2D eigenvalue weighted by molar-refractivity contribution is -0.121. The molecular formula is C21H25N3O3. The largest absolute Gasteiger partial charge is 0.497 e. The highest BCUT2D eigenvalue weighted by Gasteiger charge is 2.27. The molecule has 2 N–H and O–H groups in total. The quantitative estimate of drug-likeness (QED) is 0.852. The second kappa shape index (κ2) is 9.07. The van der Waals surface area contributed by atoms with E-state index in [1.807, 2.05) is 54.6 Å². The van der Waals surface area contributed by atoms with Crippen LogP contribution in [0.3, 0.4) is 0 Å². The van der Waals surface area contributed by atoms with Gasteiger partial charge in [0.2, 0.25) is 5.91 Å². The third kappa shape index (κ3) is 5.23. The number of amides is 3. The van der Waals surface area contributed by atoms with E-state index in [4.69, 9.17) is 4.74 Å². The summed E-state index contributed by atoms with van der Waals surface area (Å²) in [6, 6.07) is 17.0. The Morgan fingerprint density at radius 1 is 1.07 bits per heavy atom. The van der Waals surface area contributed by atoms with Gasteiger partial charge in [0.15, 0.2) is 0 Å². The Morgan fingerprint density at radius 3 is 2.52 bits per heavy atom. The van der Waals surface area contributed by atoms with Crippen LogP contribution >= 0.6 is 0 Å². The molecular weight excluding hydrogens is 342 g/mol. The van der Waals surface area contributed by atoms with Gasteiger partial charge in [0.25, 0.3) is 0 Å². The SMILES string of the molecule is COc1cccc(CNC(=O)N2CCC(C(=O)Nc3ccccc3)CC2)c1. The first-order chi connectivity index (χ1) is 13.2. The van der Waals surface area contributed by atoms with E-state index in [0.29, 0.717) is 32.5 Å². The predicted molar refractivity (Wildman–Crippen MR) is 105 cm³/mol. The lowest BCUT2D eigenvalue weighted by Gasteiger charge is -2.31. The van der Waals surface area contributed by atoms with Crippen molar-refractivity contribution in [2.45, 2.75) is 19.4 Å². The van der Waals surface area contributed by atoms with E-state index >= 15 is 0 Å². The molecule has 3 amide bonds. The number of piperidine rings is 1. The summed E-state index contributed by atoms with van der Waals surface area (Å²) >= 11 is 0. The van der Waals surface area contributed by atoms with Gasteiger partial charge in [0, 0.05) is 31.2 Å². The molecule has 0 spiro atoms. The second-order valence-corrected chi connectivity index (χ2v) is 6.63. The number of hydrogen-bond donors (Lipinski definition) is 2. The van der Waals surface area contributed by atoms with Crippen LogP contribution in [0.1, 0.15) is 18.4 Å². The number of hydrogen-bond acceptors (Lipinski definition) is 3. The van der Waals surface area contributed by atoms with Gasteiger partial charge >= 0.3 is 6.03 Å². The van der Waals surface area contributed by atoms with Crippen molar-refractivity contribution in [2.75, 3.05) is 25.5 Å². The summed E-state index contributed by atoms with van der Waals surface area (Å²) in [6.45, 7) is 1.61. The molecule has 1 saturated heterocycles. The van der Waals surface area contributed by atoms with E-state index in [2.05, 4.69) is 10.6 Å². The normalized spacial score (nSPS) is 14.5. The number of methoxy groups -OCH3 is 1. The van der Waals surface area contributed by atoms with Crippen molar-refractivity contribution < 1.29 is 14.3 Å². The van der Waals surface area contributed by atoms with E-state index in [1.165, 1.54) is 0 Å². The van der Waals surface area contributed by atoms with Crippen LogP contribution in [0.15, 0.2) is 54.6 Å². The number of likely N-dealkylation sites (tertiary alicyclic amines) is 1. The zero-order valence-corrected chi connectivity index (χ0v) is 15.5. The van der Waals surface area contributed by atoms with Crippen LogP contribution in [0.25, 0.3) is 0 Å². The van der Waals surface area contributed by atoms with Crippen LogP contribution in [-0.4, -0.2) is 37.0 Å². The molecule has 6 nitrogen and oxygen atoms in total. The molecule has 3 rings (SSSR count). The van der Waals surface area contributed by atoms with Crippen LogP contribution in [0.2, 0.25) is 0 Å². The smallest absolute Gasteiger partial charge is 0.317 e. The monoisotopic (exact) mass is 367 g/mol. The van der Waals surface area contributed by atoms with E-state index < -0.39 is 0 Å². The standard InChI is InChI=1S/C21H25N3O3/c1-27-19-9-5-6-16(14-19)15-22-21(26)24-12-10-17(11-13-24)20(25)23-18-7-3-2-4-8-18/h2-9,14,17H,10-13,15H2,1H3,(H,22,26)(H,23,25). The van der Waals surface area contributed by atoms with Crippen molar-refractivity contribution in [3.63, 3.8) is 0 Å². The fraction of sp³-hybridized carbons (Fsp3) is 0.333. The molecule has 0 unspecified atom stereocenters. The minimum atomic E-state index is -0.0975. The number of carbonyl (C=O) groups is 2. The Hall–Kier alpha value is -3.02. The van der Waals surface area contributed by atoms with Crippen molar-refractivity contribution in [1.29, 1.82) is 0 Å². The summed E-state index contributed by atoms with van der Waals surface area (Å²) in [7, 11) is 1.62. The Labute approximate surface area is 159 Å². The maximum absolute atomic E-state index is 12.4. The Balaban J connectivity index is 1.44. The zero-order valence-electron chi connectivity index (χ0n) is 15.5. The highest BCUT2D eigenvalue weighted by atomic mass is 16.5. The number of urea groups is 1. The molecule has 142 valence electrons. The van der Waals surface area contributed by atoms with E-state index in [9.17, 15) is 9.59 Å². The van der Waals surface area contributed by atoms with Crippen molar-refractivity contribution >= 4 is 17.6 Å². The van der Waals surface area contributed by atoms with Crippen LogP contribution in [-0.2, 0) is 11.3 Å². The fourth-order valence-electron chi connectivity index (χ4n) is 3.18. The molecule has 2 aromatic carbocycles. The minimum Gasteiger partial charge on any atom is -0.497 e. The van der Waals surface area contributed by atoms with E-state index in [1.54, 1.807) is 12.0 Å². The molecule has 1 aliphatic heterocycles. The summed E-state index contributed by atoms with van der Waals surface area (Å²) < 4.78 is 5.19. The van der Waals surface area contributed by atoms with Gasteiger partial charge in [-0.1, -0.05) is 30.3 Å². The molecule has 0 radical (unpaired) electrons. The summed E-state index contributed by atoms with van der Waals surface area (Å²) in [5, 5.41) is 5.88. The topological polar surface area (TPSA) is 70.7 Å². The molecule has 2 aromatic rings. The van der Waals surface area contributed by atoms with Crippen LogP contribution in [0.5, 0.6) is 5.75 Å². The van der Waals surface area contributed by atoms with Gasteiger partial charge in [-0.15, -0.1) is 0 Å². The number of benzene rings is 2. The third-order valence-electron chi connectivity index (χ3n) is 4.77. The lowest BCUT2D eigenvalue weighted by Crippen LogP contribution is -2.45. The molecule has 0 saturated carbocycles. The van der Waals surface area contributed by atoms with Crippen molar-refractivity contribution in [2.24, 2.45) is 5.92 Å². The van der Waals surface area contributed by atoms with E-state index in [0.717, 1.165) is 17.0 Å². The minimum absolute atomic E-state index is 0.0256.